The Bertz CT molecular complexity index is 937. The van der Waals surface area contributed by atoms with Gasteiger partial charge in [0.15, 0.2) is 0 Å². The minimum atomic E-state index is -4.69. The van der Waals surface area contributed by atoms with Gasteiger partial charge in [0.2, 0.25) is 0 Å². The maximum absolute atomic E-state index is 13.2. The van der Waals surface area contributed by atoms with Crippen LogP contribution in [0.2, 0.25) is 0 Å². The van der Waals surface area contributed by atoms with Gasteiger partial charge in [0, 0.05) is 11.3 Å². The zero-order chi connectivity index (χ0) is 19.3. The van der Waals surface area contributed by atoms with Crippen LogP contribution in [0, 0.1) is 0 Å². The Morgan fingerprint density at radius 1 is 1.22 bits per heavy atom. The van der Waals surface area contributed by atoms with Crippen molar-refractivity contribution in [3.05, 3.63) is 51.4 Å². The second kappa shape index (κ2) is 6.35. The smallest absolute Gasteiger partial charge is 0.417 e. The van der Waals surface area contributed by atoms with Crippen LogP contribution >= 0.6 is 11.3 Å². The average Bonchev–Trinajstić information content (AvgIpc) is 3.16. The highest BCUT2D eigenvalue weighted by Gasteiger charge is 2.40. The van der Waals surface area contributed by atoms with E-state index in [0.29, 0.717) is 12.0 Å². The first-order valence-electron chi connectivity index (χ1n) is 8.27. The third kappa shape index (κ3) is 3.10. The largest absolute Gasteiger partial charge is 0.478 e. The number of carboxylic acid groups (broad SMARTS) is 1. The topological polar surface area (TPSA) is 75.6 Å². The summed E-state index contributed by atoms with van der Waals surface area (Å²) in [6.45, 7) is 0. The first kappa shape index (κ1) is 18.0. The van der Waals surface area contributed by atoms with Crippen molar-refractivity contribution in [2.75, 3.05) is 5.32 Å². The number of thiophene rings is 1. The summed E-state index contributed by atoms with van der Waals surface area (Å²) in [6, 6.07) is 4.41. The molecule has 2 bridgehead atoms. The van der Waals surface area contributed by atoms with Crippen LogP contribution in [0.25, 0.3) is 0 Å². The number of aromatic carboxylic acids is 1. The summed E-state index contributed by atoms with van der Waals surface area (Å²) < 4.78 is 45.2. The molecule has 4 rings (SSSR count). The summed E-state index contributed by atoms with van der Waals surface area (Å²) in [5.74, 6) is -2.21. The van der Waals surface area contributed by atoms with Crippen molar-refractivity contribution >= 4 is 28.2 Å². The van der Waals surface area contributed by atoms with E-state index < -0.39 is 29.2 Å². The first-order chi connectivity index (χ1) is 12.8. The van der Waals surface area contributed by atoms with Crippen LogP contribution < -0.4 is 5.32 Å². The lowest BCUT2D eigenvalue weighted by Gasteiger charge is -2.20. The zero-order valence-electron chi connectivity index (χ0n) is 13.8. The van der Waals surface area contributed by atoms with Crippen molar-refractivity contribution in [2.45, 2.75) is 37.6 Å². The fraction of sp³-hybridized carbons (Fsp3) is 0.333. The van der Waals surface area contributed by atoms with E-state index >= 15 is 0 Å². The number of carbonyl (C=O) groups is 2. The van der Waals surface area contributed by atoms with E-state index in [1.54, 1.807) is 0 Å². The number of carbonyl (C=O) groups excluding carboxylic acids is 1. The SMILES string of the molecule is O=C(Nc1sc2c(c1C(=O)O)CC1CCC2O1)c1ccccc1C(F)(F)F. The molecule has 142 valence electrons. The maximum Gasteiger partial charge on any atom is 0.417 e. The van der Waals surface area contributed by atoms with Crippen LogP contribution in [0.4, 0.5) is 18.2 Å². The van der Waals surface area contributed by atoms with Gasteiger partial charge >= 0.3 is 12.1 Å². The Hall–Kier alpha value is -2.39. The van der Waals surface area contributed by atoms with E-state index in [2.05, 4.69) is 5.32 Å². The van der Waals surface area contributed by atoms with Crippen molar-refractivity contribution in [1.29, 1.82) is 0 Å². The molecule has 1 fully saturated rings. The van der Waals surface area contributed by atoms with Crippen LogP contribution in [0.1, 0.15) is 55.7 Å². The summed E-state index contributed by atoms with van der Waals surface area (Å²) in [7, 11) is 0. The Morgan fingerprint density at radius 3 is 2.67 bits per heavy atom. The number of alkyl halides is 3. The van der Waals surface area contributed by atoms with Crippen molar-refractivity contribution < 1.29 is 32.6 Å². The number of halogens is 3. The van der Waals surface area contributed by atoms with Gasteiger partial charge in [0.05, 0.1) is 28.9 Å². The van der Waals surface area contributed by atoms with Crippen LogP contribution in [-0.2, 0) is 17.3 Å². The summed E-state index contributed by atoms with van der Waals surface area (Å²) in [6.07, 6.45) is -2.92. The quantitative estimate of drug-likeness (QED) is 0.800. The highest BCUT2D eigenvalue weighted by Crippen LogP contribution is 2.48. The van der Waals surface area contributed by atoms with Crippen molar-refractivity contribution in [2.24, 2.45) is 0 Å². The highest BCUT2D eigenvalue weighted by molar-refractivity contribution is 7.17. The average molecular weight is 397 g/mol. The van der Waals surface area contributed by atoms with Crippen molar-refractivity contribution in [1.82, 2.24) is 0 Å². The van der Waals surface area contributed by atoms with Gasteiger partial charge in [0.1, 0.15) is 5.00 Å². The molecule has 1 aromatic heterocycles. The van der Waals surface area contributed by atoms with Gasteiger partial charge in [0.25, 0.3) is 5.91 Å². The molecular weight excluding hydrogens is 383 g/mol. The first-order valence-corrected chi connectivity index (χ1v) is 9.09. The molecule has 5 nitrogen and oxygen atoms in total. The Labute approximate surface area is 155 Å². The summed E-state index contributed by atoms with van der Waals surface area (Å²) >= 11 is 1.07. The lowest BCUT2D eigenvalue weighted by Crippen LogP contribution is -2.20. The van der Waals surface area contributed by atoms with Crippen LogP contribution in [-0.4, -0.2) is 23.1 Å². The molecule has 27 heavy (non-hydrogen) atoms. The Kier molecular flexibility index (Phi) is 4.23. The predicted octanol–water partition coefficient (Wildman–Crippen LogP) is 4.49. The lowest BCUT2D eigenvalue weighted by atomic mass is 10.0. The number of hydrogen-bond acceptors (Lipinski definition) is 4. The monoisotopic (exact) mass is 397 g/mol. The molecule has 2 atom stereocenters. The van der Waals surface area contributed by atoms with E-state index in [4.69, 9.17) is 4.74 Å². The molecule has 1 saturated heterocycles. The van der Waals surface area contributed by atoms with Gasteiger partial charge in [-0.25, -0.2) is 4.79 Å². The van der Waals surface area contributed by atoms with Gasteiger partial charge in [-0.1, -0.05) is 12.1 Å². The molecule has 0 aliphatic carbocycles. The number of rotatable bonds is 3. The van der Waals surface area contributed by atoms with E-state index in [0.717, 1.165) is 41.2 Å². The number of amides is 1. The predicted molar refractivity (Wildman–Crippen MR) is 91.2 cm³/mol. The minimum Gasteiger partial charge on any atom is -0.478 e. The molecule has 0 spiro atoms. The molecule has 2 aromatic rings. The Balaban J connectivity index is 1.71. The fourth-order valence-corrected chi connectivity index (χ4v) is 4.92. The summed E-state index contributed by atoms with van der Waals surface area (Å²) in [4.78, 5) is 25.0. The van der Waals surface area contributed by atoms with E-state index in [1.165, 1.54) is 12.1 Å². The molecule has 9 heteroatoms. The Morgan fingerprint density at radius 2 is 1.96 bits per heavy atom. The second-order valence-corrected chi connectivity index (χ2v) is 7.53. The van der Waals surface area contributed by atoms with Gasteiger partial charge in [-0.15, -0.1) is 11.3 Å². The number of hydrogen-bond donors (Lipinski definition) is 2. The van der Waals surface area contributed by atoms with Crippen LogP contribution in [0.15, 0.2) is 24.3 Å². The number of fused-ring (bicyclic) bond motifs is 4. The number of carboxylic acids is 1. The van der Waals surface area contributed by atoms with Gasteiger partial charge in [-0.05, 0) is 30.5 Å². The standard InChI is InChI=1S/C18H14F3NO4S/c19-18(20,21)11-4-2-1-3-9(11)15(23)22-16-13(17(24)25)10-7-8-5-6-12(26-8)14(10)27-16/h1-4,8,12H,5-7H2,(H,22,23)(H,24,25). The second-order valence-electron chi connectivity index (χ2n) is 6.48. The molecule has 0 radical (unpaired) electrons. The lowest BCUT2D eigenvalue weighted by molar-refractivity contribution is -0.137. The normalized spacial score (nSPS) is 21.0. The van der Waals surface area contributed by atoms with Crippen molar-refractivity contribution in [3.8, 4) is 0 Å². The number of ether oxygens (including phenoxy) is 1. The molecule has 1 aromatic carbocycles. The van der Waals surface area contributed by atoms with Crippen molar-refractivity contribution in [3.63, 3.8) is 0 Å². The molecule has 2 unspecified atom stereocenters. The third-order valence-corrected chi connectivity index (χ3v) is 6.03. The molecule has 0 saturated carbocycles. The van der Waals surface area contributed by atoms with Crippen LogP contribution in [0.5, 0.6) is 0 Å². The molecule has 2 aliphatic heterocycles. The fourth-order valence-electron chi connectivity index (χ4n) is 3.63. The number of benzene rings is 1. The number of nitrogens with one attached hydrogen (secondary N) is 1. The third-order valence-electron chi connectivity index (χ3n) is 4.79. The summed E-state index contributed by atoms with van der Waals surface area (Å²) in [5, 5.41) is 12.0. The van der Waals surface area contributed by atoms with E-state index in [1.807, 2.05) is 0 Å². The highest BCUT2D eigenvalue weighted by atomic mass is 32.1. The molecule has 2 aliphatic rings. The molecule has 3 heterocycles. The minimum absolute atomic E-state index is 0.0469. The molecule has 2 N–H and O–H groups in total. The van der Waals surface area contributed by atoms with Gasteiger partial charge in [-0.2, -0.15) is 13.2 Å². The van der Waals surface area contributed by atoms with Gasteiger partial charge in [-0.3, -0.25) is 4.79 Å². The zero-order valence-corrected chi connectivity index (χ0v) is 14.6. The summed E-state index contributed by atoms with van der Waals surface area (Å²) in [5.41, 5.74) is -1.05. The van der Waals surface area contributed by atoms with Crippen LogP contribution in [0.3, 0.4) is 0 Å². The molecular formula is C18H14F3NO4S. The molecule has 1 amide bonds. The number of anilines is 1. The van der Waals surface area contributed by atoms with Gasteiger partial charge < -0.3 is 15.2 Å². The van der Waals surface area contributed by atoms with E-state index in [-0.39, 0.29) is 22.8 Å². The maximum atomic E-state index is 13.2. The van der Waals surface area contributed by atoms with E-state index in [9.17, 15) is 27.9 Å².